The van der Waals surface area contributed by atoms with E-state index < -0.39 is 52.5 Å². The number of hydrogen-bond acceptors (Lipinski definition) is 8. The number of rotatable bonds is 11. The van der Waals surface area contributed by atoms with Crippen molar-refractivity contribution < 1.29 is 38.0 Å². The number of nitrogens with zero attached hydrogens (tertiary/aromatic N) is 1. The van der Waals surface area contributed by atoms with E-state index in [1.807, 2.05) is 0 Å². The molecule has 192 valence electrons. The first kappa shape index (κ1) is 27.9. The molecular weight excluding hydrogens is 477 g/mol. The molecule has 0 spiro atoms. The normalized spacial score (nSPS) is 13.0. The highest BCUT2D eigenvalue weighted by molar-refractivity contribution is 5.91. The minimum absolute atomic E-state index is 0.0151. The summed E-state index contributed by atoms with van der Waals surface area (Å²) >= 11 is 0. The molecule has 2 N–H and O–H groups in total. The summed E-state index contributed by atoms with van der Waals surface area (Å²) in [4.78, 5) is 60.2. The van der Waals surface area contributed by atoms with Crippen molar-refractivity contribution in [3.8, 4) is 0 Å². The molecule has 2 aromatic rings. The van der Waals surface area contributed by atoms with Crippen LogP contribution < -0.4 is 10.6 Å². The van der Waals surface area contributed by atoms with Gasteiger partial charge in [0.1, 0.15) is 17.9 Å². The molecule has 0 saturated carbocycles. The number of esters is 2. The van der Waals surface area contributed by atoms with Gasteiger partial charge in [-0.3, -0.25) is 24.5 Å². The van der Waals surface area contributed by atoms with E-state index in [-0.39, 0.29) is 18.5 Å². The van der Waals surface area contributed by atoms with Gasteiger partial charge in [-0.2, -0.15) is 0 Å². The quantitative estimate of drug-likeness (QED) is 0.267. The summed E-state index contributed by atoms with van der Waals surface area (Å²) in [7, 11) is 2.24. The van der Waals surface area contributed by atoms with Gasteiger partial charge in [0.05, 0.1) is 25.6 Å². The van der Waals surface area contributed by atoms with Gasteiger partial charge in [0.25, 0.3) is 5.69 Å². The summed E-state index contributed by atoms with van der Waals surface area (Å²) < 4.78 is 22.8. The summed E-state index contributed by atoms with van der Waals surface area (Å²) in [5.74, 6) is -4.36. The Labute approximate surface area is 206 Å². The molecule has 0 saturated heterocycles. The maximum Gasteiger partial charge on any atom is 0.329 e. The number of non-ortho nitro benzene ring substituents is 1. The summed E-state index contributed by atoms with van der Waals surface area (Å²) in [5.41, 5.74) is 0.664. The maximum absolute atomic E-state index is 13.3. The number of nitro groups is 1. The molecule has 0 unspecified atom stereocenters. The third kappa shape index (κ3) is 7.86. The van der Waals surface area contributed by atoms with E-state index in [0.717, 1.165) is 14.2 Å². The summed E-state index contributed by atoms with van der Waals surface area (Å²) in [5, 5.41) is 16.0. The first-order chi connectivity index (χ1) is 17.0. The minimum Gasteiger partial charge on any atom is -0.469 e. The average Bonchev–Trinajstić information content (AvgIpc) is 2.86. The van der Waals surface area contributed by atoms with Crippen LogP contribution in [-0.4, -0.2) is 55.0 Å². The second kappa shape index (κ2) is 12.9. The lowest BCUT2D eigenvalue weighted by Crippen LogP contribution is -2.54. The molecule has 12 heteroatoms. The van der Waals surface area contributed by atoms with Crippen molar-refractivity contribution in [3.63, 3.8) is 0 Å². The van der Waals surface area contributed by atoms with Crippen molar-refractivity contribution >= 4 is 29.4 Å². The molecule has 0 aliphatic carbocycles. The number of carbonyl (C=O) groups is 4. The molecule has 0 bridgehead atoms. The van der Waals surface area contributed by atoms with E-state index in [4.69, 9.17) is 9.47 Å². The number of nitro benzene ring substituents is 1. The zero-order valence-corrected chi connectivity index (χ0v) is 19.9. The number of carbonyl (C=O) groups excluding carboxylic acids is 4. The third-order valence-corrected chi connectivity index (χ3v) is 5.35. The van der Waals surface area contributed by atoms with Crippen LogP contribution >= 0.6 is 0 Å². The maximum atomic E-state index is 13.3. The van der Waals surface area contributed by atoms with Gasteiger partial charge in [-0.1, -0.05) is 24.3 Å². The molecule has 0 radical (unpaired) electrons. The lowest BCUT2D eigenvalue weighted by molar-refractivity contribution is -0.384. The highest BCUT2D eigenvalue weighted by atomic mass is 19.1. The summed E-state index contributed by atoms with van der Waals surface area (Å²) in [6.07, 6.45) is -0.379. The lowest BCUT2D eigenvalue weighted by atomic mass is 9.87. The fourth-order valence-electron chi connectivity index (χ4n) is 3.55. The van der Waals surface area contributed by atoms with Gasteiger partial charge in [0, 0.05) is 31.4 Å². The first-order valence-corrected chi connectivity index (χ1v) is 10.8. The van der Waals surface area contributed by atoms with Crippen LogP contribution in [0.4, 0.5) is 10.1 Å². The van der Waals surface area contributed by atoms with Gasteiger partial charge in [0.2, 0.25) is 11.8 Å². The molecule has 36 heavy (non-hydrogen) atoms. The van der Waals surface area contributed by atoms with Crippen molar-refractivity contribution in [2.75, 3.05) is 14.2 Å². The second-order valence-corrected chi connectivity index (χ2v) is 7.83. The topological polar surface area (TPSA) is 154 Å². The molecule has 3 atom stereocenters. The minimum atomic E-state index is -1.41. The number of methoxy groups -OCH3 is 2. The Bertz CT molecular complexity index is 1110. The average molecular weight is 503 g/mol. The SMILES string of the molecule is COC(=O)C[C@@H](c1ccc([N+](=O)[O-])cc1)[C@H](NC(=O)[C@H](Cc1ccc(F)cc1)NC(C)=O)C(=O)OC. The number of halogens is 1. The predicted molar refractivity (Wildman–Crippen MR) is 124 cm³/mol. The van der Waals surface area contributed by atoms with Crippen LogP contribution in [0.1, 0.15) is 30.4 Å². The summed E-state index contributed by atoms with van der Waals surface area (Å²) in [6, 6.07) is 7.87. The molecule has 11 nitrogen and oxygen atoms in total. The van der Waals surface area contributed by atoms with Crippen LogP contribution in [-0.2, 0) is 35.1 Å². The molecule has 2 aromatic carbocycles. The highest BCUT2D eigenvalue weighted by Gasteiger charge is 2.36. The molecular formula is C24H26FN3O8. The first-order valence-electron chi connectivity index (χ1n) is 10.8. The van der Waals surface area contributed by atoms with E-state index in [0.29, 0.717) is 11.1 Å². The van der Waals surface area contributed by atoms with Crippen LogP contribution in [0.15, 0.2) is 48.5 Å². The Morgan fingerprint density at radius 2 is 1.58 bits per heavy atom. The van der Waals surface area contributed by atoms with Crippen LogP contribution in [0.5, 0.6) is 0 Å². The summed E-state index contributed by atoms with van der Waals surface area (Å²) in [6.45, 7) is 1.21. The van der Waals surface area contributed by atoms with Crippen molar-refractivity contribution in [2.45, 2.75) is 37.8 Å². The van der Waals surface area contributed by atoms with Gasteiger partial charge >= 0.3 is 11.9 Å². The zero-order chi connectivity index (χ0) is 26.8. The third-order valence-electron chi connectivity index (χ3n) is 5.35. The standard InChI is InChI=1S/C24H26FN3O8/c1-14(29)26-20(12-15-4-8-17(25)9-5-15)23(31)27-22(24(32)36-3)19(13-21(30)35-2)16-6-10-18(11-7-16)28(33)34/h4-11,19-20,22H,12-13H2,1-3H3,(H,26,29)(H,27,31)/t19-,20-,22-/m0/s1. The van der Waals surface area contributed by atoms with E-state index in [1.165, 1.54) is 55.5 Å². The Balaban J connectivity index is 2.40. The van der Waals surface area contributed by atoms with Crippen LogP contribution in [0.25, 0.3) is 0 Å². The lowest BCUT2D eigenvalue weighted by Gasteiger charge is -2.28. The fraction of sp³-hybridized carbons (Fsp3) is 0.333. The predicted octanol–water partition coefficient (Wildman–Crippen LogP) is 1.79. The number of benzene rings is 2. The largest absolute Gasteiger partial charge is 0.469 e. The Kier molecular flexibility index (Phi) is 10.0. The Morgan fingerprint density at radius 1 is 0.972 bits per heavy atom. The fourth-order valence-corrected chi connectivity index (χ4v) is 3.55. The number of amides is 2. The van der Waals surface area contributed by atoms with Crippen LogP contribution in [0.2, 0.25) is 0 Å². The van der Waals surface area contributed by atoms with Gasteiger partial charge < -0.3 is 20.1 Å². The molecule has 0 fully saturated rings. The molecule has 0 aliphatic rings. The van der Waals surface area contributed by atoms with E-state index >= 15 is 0 Å². The molecule has 0 aromatic heterocycles. The monoisotopic (exact) mass is 503 g/mol. The van der Waals surface area contributed by atoms with Crippen molar-refractivity contribution in [1.29, 1.82) is 0 Å². The van der Waals surface area contributed by atoms with Crippen molar-refractivity contribution in [3.05, 3.63) is 75.6 Å². The van der Waals surface area contributed by atoms with Crippen LogP contribution in [0, 0.1) is 15.9 Å². The van der Waals surface area contributed by atoms with Gasteiger partial charge in [-0.15, -0.1) is 0 Å². The highest BCUT2D eigenvalue weighted by Crippen LogP contribution is 2.27. The number of nitrogens with one attached hydrogen (secondary N) is 2. The van der Waals surface area contributed by atoms with E-state index in [1.54, 1.807) is 0 Å². The molecule has 2 amide bonds. The number of hydrogen-bond donors (Lipinski definition) is 2. The van der Waals surface area contributed by atoms with Crippen molar-refractivity contribution in [2.24, 2.45) is 0 Å². The molecule has 2 rings (SSSR count). The van der Waals surface area contributed by atoms with E-state index in [9.17, 15) is 33.7 Å². The Morgan fingerprint density at radius 3 is 2.08 bits per heavy atom. The molecule has 0 heterocycles. The van der Waals surface area contributed by atoms with E-state index in [2.05, 4.69) is 10.6 Å². The smallest absolute Gasteiger partial charge is 0.329 e. The number of ether oxygens (including phenoxy) is 2. The van der Waals surface area contributed by atoms with Gasteiger partial charge in [-0.25, -0.2) is 9.18 Å². The second-order valence-electron chi connectivity index (χ2n) is 7.83. The van der Waals surface area contributed by atoms with Gasteiger partial charge in [-0.05, 0) is 23.3 Å². The Hall–Kier alpha value is -4.35. The van der Waals surface area contributed by atoms with Gasteiger partial charge in [0.15, 0.2) is 0 Å². The zero-order valence-electron chi connectivity index (χ0n) is 19.9. The van der Waals surface area contributed by atoms with Crippen molar-refractivity contribution in [1.82, 2.24) is 10.6 Å². The van der Waals surface area contributed by atoms with Crippen LogP contribution in [0.3, 0.4) is 0 Å². The molecule has 0 aliphatic heterocycles.